The minimum atomic E-state index is -5.39. The summed E-state index contributed by atoms with van der Waals surface area (Å²) in [6.07, 6.45) is -41.5. The molecule has 240 valence electrons. The van der Waals surface area contributed by atoms with Gasteiger partial charge in [0, 0.05) is 10.8 Å². The van der Waals surface area contributed by atoms with Crippen LogP contribution in [0.5, 0.6) is 0 Å². The quantitative estimate of drug-likeness (QED) is 0.140. The molecule has 1 fully saturated rings. The highest BCUT2D eigenvalue weighted by Gasteiger charge is 2.52. The highest BCUT2D eigenvalue weighted by atomic mass is 19.3. The van der Waals surface area contributed by atoms with Gasteiger partial charge in [-0.2, -0.15) is 35.1 Å². The van der Waals surface area contributed by atoms with Crippen molar-refractivity contribution in [1.82, 2.24) is 0 Å². The maximum Gasteiger partial charge on any atom is 0.416 e. The highest BCUT2D eigenvalue weighted by Crippen LogP contribution is 2.41. The lowest BCUT2D eigenvalue weighted by Crippen LogP contribution is -2.49. The molecule has 40 heavy (non-hydrogen) atoms. The molecule has 1 rings (SSSR count). The Balaban J connectivity index is 3.22. The second-order valence-corrected chi connectivity index (χ2v) is 8.95. The summed E-state index contributed by atoms with van der Waals surface area (Å²) in [5, 5.41) is 0. The molecule has 1 saturated heterocycles. The van der Waals surface area contributed by atoms with Gasteiger partial charge in [-0.25, -0.2) is 35.1 Å². The molecule has 5 nitrogen and oxygen atoms in total. The summed E-state index contributed by atoms with van der Waals surface area (Å²) in [6.45, 7) is -8.04. The summed E-state index contributed by atoms with van der Waals surface area (Å²) < 4.78 is 226. The molecule has 0 aliphatic carbocycles. The second-order valence-electron chi connectivity index (χ2n) is 8.95. The van der Waals surface area contributed by atoms with Crippen LogP contribution >= 0.6 is 0 Å². The standard InChI is InChI=1S/C19H22F16O5/c20-10(21)16(28,29)37-6-14(4-36-5-14)2-1-3-15(7-38-17(30,31)11(22)23,8-39-18(32,33)12(24)25)9-40-19(34,35)13(26)27/h10-13H,1-9H2. The van der Waals surface area contributed by atoms with Gasteiger partial charge in [-0.3, -0.25) is 0 Å². The van der Waals surface area contributed by atoms with Crippen molar-refractivity contribution in [1.29, 1.82) is 0 Å². The van der Waals surface area contributed by atoms with Gasteiger partial charge in [0.15, 0.2) is 0 Å². The van der Waals surface area contributed by atoms with E-state index in [4.69, 9.17) is 4.74 Å². The SMILES string of the molecule is FC(F)C(F)(F)OCC1(CCCC(COC(F)(F)C(F)F)(COC(F)(F)C(F)F)COC(F)(F)C(F)F)COC1. The van der Waals surface area contributed by atoms with Crippen LogP contribution in [0.15, 0.2) is 0 Å². The molecule has 0 amide bonds. The third-order valence-electron chi connectivity index (χ3n) is 5.53. The Bertz CT molecular complexity index is 703. The Hall–Kier alpha value is -1.32. The minimum Gasteiger partial charge on any atom is -0.380 e. The molecule has 0 unspecified atom stereocenters. The Morgan fingerprint density at radius 2 is 0.875 bits per heavy atom. The predicted octanol–water partition coefficient (Wildman–Crippen LogP) is 6.66. The van der Waals surface area contributed by atoms with Crippen molar-refractivity contribution in [2.45, 2.75) is 69.4 Å². The van der Waals surface area contributed by atoms with E-state index in [-0.39, 0.29) is 0 Å². The maximum absolute atomic E-state index is 13.4. The van der Waals surface area contributed by atoms with Crippen LogP contribution in [0.25, 0.3) is 0 Å². The van der Waals surface area contributed by atoms with Gasteiger partial charge in [0.1, 0.15) is 0 Å². The summed E-state index contributed by atoms with van der Waals surface area (Å²) in [5.41, 5.74) is -4.49. The van der Waals surface area contributed by atoms with E-state index in [1.54, 1.807) is 0 Å². The topological polar surface area (TPSA) is 46.2 Å². The molecular formula is C19H22F16O5. The normalized spacial score (nSPS) is 17.4. The molecule has 1 aliphatic heterocycles. The molecule has 0 aromatic rings. The van der Waals surface area contributed by atoms with Crippen molar-refractivity contribution in [3.05, 3.63) is 0 Å². The van der Waals surface area contributed by atoms with Crippen LogP contribution in [0.1, 0.15) is 19.3 Å². The molecule has 0 N–H and O–H groups in total. The smallest absolute Gasteiger partial charge is 0.380 e. The van der Waals surface area contributed by atoms with Gasteiger partial charge in [-0.05, 0) is 12.8 Å². The number of ether oxygens (including phenoxy) is 5. The zero-order valence-electron chi connectivity index (χ0n) is 19.8. The molecule has 21 heteroatoms. The first-order valence-electron chi connectivity index (χ1n) is 10.8. The fourth-order valence-corrected chi connectivity index (χ4v) is 3.12. The summed E-state index contributed by atoms with van der Waals surface area (Å²) in [5.74, 6) is 0. The van der Waals surface area contributed by atoms with E-state index in [9.17, 15) is 70.2 Å². The first-order valence-corrected chi connectivity index (χ1v) is 10.8. The van der Waals surface area contributed by atoms with Crippen LogP contribution in [-0.2, 0) is 23.7 Å². The Morgan fingerprint density at radius 1 is 0.550 bits per heavy atom. The lowest BCUT2D eigenvalue weighted by Gasteiger charge is -2.43. The second kappa shape index (κ2) is 13.8. The van der Waals surface area contributed by atoms with Crippen LogP contribution in [0, 0.1) is 10.8 Å². The number of alkyl halides is 16. The van der Waals surface area contributed by atoms with Gasteiger partial charge in [-0.1, -0.05) is 6.42 Å². The summed E-state index contributed by atoms with van der Waals surface area (Å²) >= 11 is 0. The van der Waals surface area contributed by atoms with Crippen LogP contribution in [-0.4, -0.2) is 89.8 Å². The van der Waals surface area contributed by atoms with Gasteiger partial charge in [0.25, 0.3) is 0 Å². The van der Waals surface area contributed by atoms with Gasteiger partial charge in [0.2, 0.25) is 0 Å². The average molecular weight is 634 g/mol. The van der Waals surface area contributed by atoms with Crippen LogP contribution < -0.4 is 0 Å². The summed E-state index contributed by atoms with van der Waals surface area (Å²) in [6, 6.07) is 0. The first-order chi connectivity index (χ1) is 18.0. The van der Waals surface area contributed by atoms with E-state index < -0.39 is 120 Å². The van der Waals surface area contributed by atoms with Crippen molar-refractivity contribution in [3.8, 4) is 0 Å². The molecule has 1 heterocycles. The van der Waals surface area contributed by atoms with Crippen LogP contribution in [0.2, 0.25) is 0 Å². The highest BCUT2D eigenvalue weighted by molar-refractivity contribution is 4.89. The van der Waals surface area contributed by atoms with Crippen LogP contribution in [0.3, 0.4) is 0 Å². The molecular weight excluding hydrogens is 612 g/mol. The zero-order chi connectivity index (χ0) is 31.2. The Kier molecular flexibility index (Phi) is 12.6. The van der Waals surface area contributed by atoms with Crippen LogP contribution in [0.4, 0.5) is 70.2 Å². The molecule has 0 aromatic carbocycles. The number of hydrogen-bond acceptors (Lipinski definition) is 5. The van der Waals surface area contributed by atoms with Gasteiger partial charge in [-0.15, -0.1) is 0 Å². The molecule has 0 atom stereocenters. The largest absolute Gasteiger partial charge is 0.416 e. The fraction of sp³-hybridized carbons (Fsp3) is 1.00. The molecule has 1 aliphatic rings. The van der Waals surface area contributed by atoms with Gasteiger partial charge < -0.3 is 23.7 Å². The summed E-state index contributed by atoms with van der Waals surface area (Å²) in [7, 11) is 0. The van der Waals surface area contributed by atoms with E-state index in [2.05, 4.69) is 18.9 Å². The number of hydrogen-bond donors (Lipinski definition) is 0. The Labute approximate surface area is 215 Å². The molecule has 0 spiro atoms. The van der Waals surface area contributed by atoms with Gasteiger partial charge in [0.05, 0.1) is 39.6 Å². The predicted molar refractivity (Wildman–Crippen MR) is 97.1 cm³/mol. The monoisotopic (exact) mass is 634 g/mol. The van der Waals surface area contributed by atoms with E-state index in [0.29, 0.717) is 0 Å². The molecule has 0 aromatic heterocycles. The molecule has 0 bridgehead atoms. The van der Waals surface area contributed by atoms with Crippen molar-refractivity contribution in [2.75, 3.05) is 39.6 Å². The van der Waals surface area contributed by atoms with Crippen molar-refractivity contribution in [3.63, 3.8) is 0 Å². The first kappa shape index (κ1) is 36.7. The lowest BCUT2D eigenvalue weighted by atomic mass is 9.77. The zero-order valence-corrected chi connectivity index (χ0v) is 19.8. The third-order valence-corrected chi connectivity index (χ3v) is 5.53. The Morgan fingerprint density at radius 3 is 1.15 bits per heavy atom. The molecule has 0 saturated carbocycles. The van der Waals surface area contributed by atoms with Gasteiger partial charge >= 0.3 is 50.1 Å². The van der Waals surface area contributed by atoms with E-state index in [1.165, 1.54) is 0 Å². The lowest BCUT2D eigenvalue weighted by molar-refractivity contribution is -0.348. The van der Waals surface area contributed by atoms with E-state index >= 15 is 0 Å². The van der Waals surface area contributed by atoms with Crippen molar-refractivity contribution < 1.29 is 93.9 Å². The summed E-state index contributed by atoms with van der Waals surface area (Å²) in [4.78, 5) is 0. The maximum atomic E-state index is 13.4. The van der Waals surface area contributed by atoms with E-state index in [0.717, 1.165) is 0 Å². The van der Waals surface area contributed by atoms with E-state index in [1.807, 2.05) is 0 Å². The van der Waals surface area contributed by atoms with Crippen molar-refractivity contribution in [2.24, 2.45) is 10.8 Å². The fourth-order valence-electron chi connectivity index (χ4n) is 3.12. The molecule has 0 radical (unpaired) electrons. The average Bonchev–Trinajstić information content (AvgIpc) is 2.80. The minimum absolute atomic E-state index is 0.459. The number of halogens is 16. The van der Waals surface area contributed by atoms with Crippen molar-refractivity contribution >= 4 is 0 Å². The third kappa shape index (κ3) is 10.5. The number of rotatable bonds is 20.